The number of anilines is 1. The van der Waals surface area contributed by atoms with Gasteiger partial charge in [0.15, 0.2) is 0 Å². The van der Waals surface area contributed by atoms with Crippen LogP contribution in [0.4, 0.5) is 5.82 Å². The highest BCUT2D eigenvalue weighted by Crippen LogP contribution is 2.21. The van der Waals surface area contributed by atoms with Gasteiger partial charge in [0.2, 0.25) is 0 Å². The zero-order valence-corrected chi connectivity index (χ0v) is 11.9. The van der Waals surface area contributed by atoms with Crippen LogP contribution in [0.15, 0.2) is 41.0 Å². The van der Waals surface area contributed by atoms with Crippen molar-refractivity contribution < 1.29 is 4.79 Å². The summed E-state index contributed by atoms with van der Waals surface area (Å²) in [7, 11) is 0. The zero-order chi connectivity index (χ0) is 13.1. The number of aromatic nitrogens is 1. The van der Waals surface area contributed by atoms with E-state index < -0.39 is 0 Å². The van der Waals surface area contributed by atoms with E-state index in [1.165, 1.54) is 0 Å². The third kappa shape index (κ3) is 2.89. The summed E-state index contributed by atoms with van der Waals surface area (Å²) >= 11 is 9.34. The fourth-order valence-electron chi connectivity index (χ4n) is 1.48. The van der Waals surface area contributed by atoms with Crippen molar-refractivity contribution >= 4 is 39.3 Å². The summed E-state index contributed by atoms with van der Waals surface area (Å²) in [6, 6.07) is 10.6. The predicted octanol–water partition coefficient (Wildman–Crippen LogP) is 4.06. The van der Waals surface area contributed by atoms with Crippen LogP contribution in [0.1, 0.15) is 15.9 Å². The molecule has 1 amide bonds. The first-order valence-corrected chi connectivity index (χ1v) is 6.44. The zero-order valence-electron chi connectivity index (χ0n) is 9.58. The number of carbonyl (C=O) groups excluding carboxylic acids is 1. The van der Waals surface area contributed by atoms with Gasteiger partial charge in [0.1, 0.15) is 10.4 Å². The minimum Gasteiger partial charge on any atom is -0.306 e. The van der Waals surface area contributed by atoms with Gasteiger partial charge in [0, 0.05) is 0 Å². The fourth-order valence-corrected chi connectivity index (χ4v) is 2.04. The molecule has 1 aromatic heterocycles. The molecule has 5 heteroatoms. The molecule has 0 spiro atoms. The molecule has 0 unspecified atom stereocenters. The Morgan fingerprint density at radius 2 is 2.00 bits per heavy atom. The molecule has 0 saturated heterocycles. The van der Waals surface area contributed by atoms with Crippen molar-refractivity contribution in [3.63, 3.8) is 0 Å². The van der Waals surface area contributed by atoms with E-state index in [-0.39, 0.29) is 5.91 Å². The molecule has 1 heterocycles. The first-order chi connectivity index (χ1) is 8.58. The largest absolute Gasteiger partial charge is 0.306 e. The number of benzene rings is 1. The van der Waals surface area contributed by atoms with Crippen LogP contribution in [0.3, 0.4) is 0 Å². The lowest BCUT2D eigenvalue weighted by Crippen LogP contribution is -2.13. The molecule has 0 fully saturated rings. The molecule has 2 rings (SSSR count). The topological polar surface area (TPSA) is 42.0 Å². The average molecular weight is 326 g/mol. The molecule has 0 bridgehead atoms. The van der Waals surface area contributed by atoms with Crippen LogP contribution in [0.5, 0.6) is 0 Å². The van der Waals surface area contributed by atoms with Crippen LogP contribution in [0.25, 0.3) is 0 Å². The summed E-state index contributed by atoms with van der Waals surface area (Å²) in [5.74, 6) is 0.209. The van der Waals surface area contributed by atoms with Crippen molar-refractivity contribution in [2.45, 2.75) is 6.92 Å². The second-order valence-electron chi connectivity index (χ2n) is 3.74. The van der Waals surface area contributed by atoms with E-state index >= 15 is 0 Å². The summed E-state index contributed by atoms with van der Waals surface area (Å²) in [5.41, 5.74) is 1.31. The summed E-state index contributed by atoms with van der Waals surface area (Å²) < 4.78 is 0.663. The Balaban J connectivity index is 2.25. The van der Waals surface area contributed by atoms with E-state index in [9.17, 15) is 4.79 Å². The SMILES string of the molecule is Cc1cccc(C(=O)Nc2cccc(Br)n2)c1Cl. The van der Waals surface area contributed by atoms with Gasteiger partial charge >= 0.3 is 0 Å². The number of nitrogens with one attached hydrogen (secondary N) is 1. The molecule has 0 aliphatic carbocycles. The lowest BCUT2D eigenvalue weighted by atomic mass is 10.1. The van der Waals surface area contributed by atoms with Crippen LogP contribution in [-0.2, 0) is 0 Å². The quantitative estimate of drug-likeness (QED) is 0.846. The first kappa shape index (κ1) is 13.1. The van der Waals surface area contributed by atoms with E-state index in [1.54, 1.807) is 30.3 Å². The maximum atomic E-state index is 12.0. The normalized spacial score (nSPS) is 10.2. The minimum atomic E-state index is -0.269. The molecular formula is C13H10BrClN2O. The smallest absolute Gasteiger partial charge is 0.258 e. The fraction of sp³-hybridized carbons (Fsp3) is 0.0769. The molecule has 3 nitrogen and oxygen atoms in total. The molecule has 0 aliphatic rings. The number of nitrogens with zero attached hydrogens (tertiary/aromatic N) is 1. The van der Waals surface area contributed by atoms with Crippen LogP contribution < -0.4 is 5.32 Å². The second-order valence-corrected chi connectivity index (χ2v) is 4.93. The Hall–Kier alpha value is -1.39. The van der Waals surface area contributed by atoms with Gasteiger partial charge in [-0.25, -0.2) is 4.98 Å². The van der Waals surface area contributed by atoms with Crippen molar-refractivity contribution in [2.75, 3.05) is 5.32 Å². The van der Waals surface area contributed by atoms with E-state index in [0.717, 1.165) is 5.56 Å². The van der Waals surface area contributed by atoms with Crippen LogP contribution in [0.2, 0.25) is 5.02 Å². The van der Waals surface area contributed by atoms with Gasteiger partial charge in [0.05, 0.1) is 10.6 Å². The number of rotatable bonds is 2. The third-order valence-corrected chi connectivity index (χ3v) is 3.34. The summed E-state index contributed by atoms with van der Waals surface area (Å²) in [6.45, 7) is 1.86. The lowest BCUT2D eigenvalue weighted by Gasteiger charge is -2.07. The van der Waals surface area contributed by atoms with Gasteiger partial charge in [-0.2, -0.15) is 0 Å². The maximum Gasteiger partial charge on any atom is 0.258 e. The average Bonchev–Trinajstić information content (AvgIpc) is 2.32. The maximum absolute atomic E-state index is 12.0. The van der Waals surface area contributed by atoms with Crippen molar-refractivity contribution in [3.05, 3.63) is 57.2 Å². The predicted molar refractivity (Wildman–Crippen MR) is 76.1 cm³/mol. The van der Waals surface area contributed by atoms with Gasteiger partial charge in [-0.05, 0) is 46.6 Å². The second kappa shape index (κ2) is 5.50. The van der Waals surface area contributed by atoms with Crippen molar-refractivity contribution in [1.29, 1.82) is 0 Å². The van der Waals surface area contributed by atoms with Crippen molar-refractivity contribution in [1.82, 2.24) is 4.98 Å². The highest BCUT2D eigenvalue weighted by molar-refractivity contribution is 9.10. The Morgan fingerprint density at radius 3 is 2.72 bits per heavy atom. The molecule has 1 N–H and O–H groups in total. The number of halogens is 2. The Morgan fingerprint density at radius 1 is 1.28 bits per heavy atom. The third-order valence-electron chi connectivity index (χ3n) is 2.39. The van der Waals surface area contributed by atoms with Crippen molar-refractivity contribution in [3.8, 4) is 0 Å². The summed E-state index contributed by atoms with van der Waals surface area (Å²) in [6.07, 6.45) is 0. The molecule has 0 radical (unpaired) electrons. The standard InChI is InChI=1S/C13H10BrClN2O/c1-8-4-2-5-9(12(8)15)13(18)17-11-7-3-6-10(14)16-11/h2-7H,1H3,(H,16,17,18). The highest BCUT2D eigenvalue weighted by atomic mass is 79.9. The molecule has 92 valence electrons. The summed E-state index contributed by atoms with van der Waals surface area (Å²) in [4.78, 5) is 16.2. The Labute approximate surface area is 118 Å². The number of carbonyl (C=O) groups is 1. The van der Waals surface area contributed by atoms with Gasteiger partial charge in [-0.1, -0.05) is 29.8 Å². The first-order valence-electron chi connectivity index (χ1n) is 5.27. The Kier molecular flexibility index (Phi) is 3.99. The van der Waals surface area contributed by atoms with Crippen molar-refractivity contribution in [2.24, 2.45) is 0 Å². The Bertz CT molecular complexity index is 601. The molecular weight excluding hydrogens is 316 g/mol. The number of pyridine rings is 1. The molecule has 0 saturated carbocycles. The monoisotopic (exact) mass is 324 g/mol. The number of hydrogen-bond donors (Lipinski definition) is 1. The molecule has 18 heavy (non-hydrogen) atoms. The summed E-state index contributed by atoms with van der Waals surface area (Å²) in [5, 5.41) is 3.17. The number of amides is 1. The van der Waals surface area contributed by atoms with Crippen LogP contribution >= 0.6 is 27.5 Å². The lowest BCUT2D eigenvalue weighted by molar-refractivity contribution is 0.102. The minimum absolute atomic E-state index is 0.269. The van der Waals surface area contributed by atoms with E-state index in [2.05, 4.69) is 26.2 Å². The molecule has 0 aliphatic heterocycles. The van der Waals surface area contributed by atoms with Gasteiger partial charge in [0.25, 0.3) is 5.91 Å². The van der Waals surface area contributed by atoms with Gasteiger partial charge in [-0.3, -0.25) is 4.79 Å². The number of hydrogen-bond acceptors (Lipinski definition) is 2. The van der Waals surface area contributed by atoms with Gasteiger partial charge in [-0.15, -0.1) is 0 Å². The molecule has 1 aromatic carbocycles. The number of aryl methyl sites for hydroxylation is 1. The van der Waals surface area contributed by atoms with Gasteiger partial charge < -0.3 is 5.32 Å². The van der Waals surface area contributed by atoms with E-state index in [4.69, 9.17) is 11.6 Å². The van der Waals surface area contributed by atoms with E-state index in [1.807, 2.05) is 13.0 Å². The molecule has 0 atom stereocenters. The van der Waals surface area contributed by atoms with Crippen LogP contribution in [-0.4, -0.2) is 10.9 Å². The molecule has 2 aromatic rings. The van der Waals surface area contributed by atoms with E-state index in [0.29, 0.717) is 21.0 Å². The van der Waals surface area contributed by atoms with Crippen LogP contribution in [0, 0.1) is 6.92 Å². The highest BCUT2D eigenvalue weighted by Gasteiger charge is 2.12.